The van der Waals surface area contributed by atoms with Gasteiger partial charge in [0.2, 0.25) is 0 Å². The zero-order valence-corrected chi connectivity index (χ0v) is 26.3. The van der Waals surface area contributed by atoms with Crippen LogP contribution in [0.1, 0.15) is 30.1 Å². The van der Waals surface area contributed by atoms with Crippen molar-refractivity contribution in [3.8, 4) is 11.5 Å². The minimum Gasteiger partial charge on any atom is -0.493 e. The van der Waals surface area contributed by atoms with E-state index in [4.69, 9.17) is 28.4 Å². The molecule has 44 heavy (non-hydrogen) atoms. The molecule has 0 aromatic heterocycles. The van der Waals surface area contributed by atoms with Gasteiger partial charge in [0.15, 0.2) is 11.5 Å². The lowest BCUT2D eigenvalue weighted by Crippen LogP contribution is -2.78. The van der Waals surface area contributed by atoms with Crippen LogP contribution in [0.3, 0.4) is 0 Å². The smallest absolute Gasteiger partial charge is 0.338 e. The normalized spacial score (nSPS) is 47.9. The summed E-state index contributed by atoms with van der Waals surface area (Å²) in [5.74, 6) is -1.37. The monoisotopic (exact) mass is 615 g/mol. The highest BCUT2D eigenvalue weighted by molar-refractivity contribution is 5.90. The van der Waals surface area contributed by atoms with E-state index in [1.54, 1.807) is 51.7 Å². The molecule has 1 aromatic carbocycles. The van der Waals surface area contributed by atoms with Gasteiger partial charge in [-0.1, -0.05) is 19.1 Å². The van der Waals surface area contributed by atoms with Gasteiger partial charge < -0.3 is 43.7 Å². The molecule has 4 saturated carbocycles. The van der Waals surface area contributed by atoms with E-state index in [-0.39, 0.29) is 36.0 Å². The molecule has 1 heterocycles. The first-order valence-corrected chi connectivity index (χ1v) is 15.6. The molecule has 1 spiro atoms. The van der Waals surface area contributed by atoms with Gasteiger partial charge in [0.25, 0.3) is 0 Å². The summed E-state index contributed by atoms with van der Waals surface area (Å²) < 4.78 is 35.5. The van der Waals surface area contributed by atoms with E-state index in [1.807, 2.05) is 0 Å². The summed E-state index contributed by atoms with van der Waals surface area (Å²) in [6.45, 7) is 3.71. The summed E-state index contributed by atoms with van der Waals surface area (Å²) in [7, 11) is 8.03. The molecule has 13 atom stereocenters. The Labute approximate surface area is 258 Å². The number of methoxy groups -OCH3 is 5. The molecular weight excluding hydrogens is 570 g/mol. The Balaban J connectivity index is 1.38. The number of hydrogen-bond donors (Lipinski definition) is 3. The maximum absolute atomic E-state index is 13.7. The van der Waals surface area contributed by atoms with E-state index in [9.17, 15) is 20.1 Å². The molecule has 5 fully saturated rings. The van der Waals surface area contributed by atoms with Crippen molar-refractivity contribution < 1.29 is 48.5 Å². The van der Waals surface area contributed by atoms with Gasteiger partial charge in [0.1, 0.15) is 11.7 Å². The second-order valence-electron chi connectivity index (χ2n) is 13.8. The number of ether oxygens (including phenoxy) is 6. The van der Waals surface area contributed by atoms with Crippen LogP contribution < -0.4 is 9.47 Å². The zero-order valence-electron chi connectivity index (χ0n) is 26.3. The predicted molar refractivity (Wildman–Crippen MR) is 156 cm³/mol. The first kappa shape index (κ1) is 30.4. The molecular formula is C33H45NO10. The lowest BCUT2D eigenvalue weighted by molar-refractivity contribution is -0.288. The van der Waals surface area contributed by atoms with Gasteiger partial charge in [0, 0.05) is 68.9 Å². The van der Waals surface area contributed by atoms with E-state index in [0.29, 0.717) is 37.6 Å². The van der Waals surface area contributed by atoms with Crippen molar-refractivity contribution >= 4 is 5.97 Å². The molecule has 1 saturated heterocycles. The Morgan fingerprint density at radius 3 is 2.41 bits per heavy atom. The molecule has 7 bridgehead atoms. The number of nitrogens with zero attached hydrogens (tertiary/aromatic N) is 1. The second kappa shape index (κ2) is 10.1. The van der Waals surface area contributed by atoms with Crippen LogP contribution in [0, 0.1) is 34.5 Å². The van der Waals surface area contributed by atoms with Gasteiger partial charge in [-0.25, -0.2) is 4.79 Å². The van der Waals surface area contributed by atoms with Crippen LogP contribution in [-0.2, 0) is 18.9 Å². The lowest BCUT2D eigenvalue weighted by Gasteiger charge is -2.69. The van der Waals surface area contributed by atoms with Crippen LogP contribution in [0.4, 0.5) is 0 Å². The lowest BCUT2D eigenvalue weighted by atomic mass is 9.42. The standard InChI is InChI=1S/C33H45NO10/c1-7-34-15-30(16-39-2)21(35)13-22(42-5)33-18-14-31(37)10-11-32(38,24(27(33)34)25(43-6)26(30)33)23(18)28(31)44-29(36)17-8-9-19(40-3)20(12-17)41-4/h8-12,18,21-28,35,37-38H,7,13-16H2,1-6H3/t18-,21?,22+,23-,24+,25+,26-,27-,28-,30+,31+,32-,33+/m1/s1. The molecule has 6 aliphatic rings. The van der Waals surface area contributed by atoms with Crippen LogP contribution >= 0.6 is 0 Å². The Morgan fingerprint density at radius 2 is 1.77 bits per heavy atom. The number of aliphatic hydroxyl groups is 3. The summed E-state index contributed by atoms with van der Waals surface area (Å²) >= 11 is 0. The SMILES string of the molecule is CCN1C[C@]2(COC)C(O)C[C@H](OC)[C@@]34[C@@H]5C[C@@]6(O)C=C[C@@](O)([C@H]5[C@H]6OC(=O)c5ccc(OC)c(OC)c5)[C@@H]([C@H](OC)[C@H]23)[C@@H]14. The van der Waals surface area contributed by atoms with E-state index in [1.165, 1.54) is 14.2 Å². The van der Waals surface area contributed by atoms with Crippen molar-refractivity contribution in [2.75, 3.05) is 55.2 Å². The van der Waals surface area contributed by atoms with E-state index < -0.39 is 58.1 Å². The molecule has 1 aliphatic heterocycles. The van der Waals surface area contributed by atoms with Crippen molar-refractivity contribution in [2.45, 2.75) is 61.4 Å². The highest BCUT2D eigenvalue weighted by Gasteiger charge is 2.88. The van der Waals surface area contributed by atoms with Gasteiger partial charge in [-0.15, -0.1) is 0 Å². The van der Waals surface area contributed by atoms with E-state index >= 15 is 0 Å². The molecule has 3 N–H and O–H groups in total. The first-order chi connectivity index (χ1) is 21.1. The first-order valence-electron chi connectivity index (χ1n) is 15.6. The minimum absolute atomic E-state index is 0.150. The van der Waals surface area contributed by atoms with E-state index in [0.717, 1.165) is 0 Å². The van der Waals surface area contributed by atoms with Crippen molar-refractivity contribution in [3.05, 3.63) is 35.9 Å². The zero-order chi connectivity index (χ0) is 31.4. The minimum atomic E-state index is -1.50. The number of piperidine rings is 1. The molecule has 5 aliphatic carbocycles. The van der Waals surface area contributed by atoms with Gasteiger partial charge in [-0.3, -0.25) is 4.90 Å². The number of rotatable bonds is 9. The number of likely N-dealkylation sites (tertiary alicyclic amines) is 1. The third kappa shape index (κ3) is 3.44. The van der Waals surface area contributed by atoms with Crippen molar-refractivity contribution in [2.24, 2.45) is 34.5 Å². The maximum Gasteiger partial charge on any atom is 0.338 e. The maximum atomic E-state index is 13.7. The highest BCUT2D eigenvalue weighted by Crippen LogP contribution is 2.79. The predicted octanol–water partition coefficient (Wildman–Crippen LogP) is 1.27. The fourth-order valence-corrected chi connectivity index (χ4v) is 11.4. The van der Waals surface area contributed by atoms with Gasteiger partial charge in [-0.2, -0.15) is 0 Å². The third-order valence-corrected chi connectivity index (χ3v) is 12.6. The Kier molecular flexibility index (Phi) is 7.00. The fourth-order valence-electron chi connectivity index (χ4n) is 11.4. The third-order valence-electron chi connectivity index (χ3n) is 12.6. The van der Waals surface area contributed by atoms with Crippen LogP contribution in [-0.4, -0.2) is 123 Å². The second-order valence-corrected chi connectivity index (χ2v) is 13.8. The summed E-state index contributed by atoms with van der Waals surface area (Å²) in [6.07, 6.45) is 1.49. The highest BCUT2D eigenvalue weighted by atomic mass is 16.6. The number of aliphatic hydroxyl groups excluding tert-OH is 1. The average Bonchev–Trinajstić information content (AvgIpc) is 3.39. The Hall–Kier alpha value is -2.25. The Morgan fingerprint density at radius 1 is 1.02 bits per heavy atom. The molecule has 0 radical (unpaired) electrons. The molecule has 0 amide bonds. The number of esters is 1. The van der Waals surface area contributed by atoms with Crippen LogP contribution in [0.15, 0.2) is 30.4 Å². The summed E-state index contributed by atoms with van der Waals surface area (Å²) in [5, 5.41) is 37.1. The molecule has 11 nitrogen and oxygen atoms in total. The van der Waals surface area contributed by atoms with Crippen LogP contribution in [0.5, 0.6) is 11.5 Å². The average molecular weight is 616 g/mol. The van der Waals surface area contributed by atoms with Crippen molar-refractivity contribution in [3.63, 3.8) is 0 Å². The number of carbonyl (C=O) groups excluding carboxylic acids is 1. The van der Waals surface area contributed by atoms with Gasteiger partial charge in [0.05, 0.1) is 50.3 Å². The molecule has 242 valence electrons. The number of carbonyl (C=O) groups is 1. The van der Waals surface area contributed by atoms with Crippen LogP contribution in [0.25, 0.3) is 0 Å². The van der Waals surface area contributed by atoms with Gasteiger partial charge >= 0.3 is 5.97 Å². The van der Waals surface area contributed by atoms with Crippen molar-refractivity contribution in [1.29, 1.82) is 0 Å². The number of fused-ring (bicyclic) bond motifs is 2. The van der Waals surface area contributed by atoms with E-state index in [2.05, 4.69) is 11.8 Å². The van der Waals surface area contributed by atoms with Crippen molar-refractivity contribution in [1.82, 2.24) is 4.90 Å². The van der Waals surface area contributed by atoms with Crippen LogP contribution in [0.2, 0.25) is 0 Å². The number of benzene rings is 1. The Bertz CT molecular complexity index is 1360. The topological polar surface area (TPSA) is 136 Å². The summed E-state index contributed by atoms with van der Waals surface area (Å²) in [4.78, 5) is 16.1. The number of hydrogen-bond acceptors (Lipinski definition) is 11. The molecule has 1 unspecified atom stereocenters. The molecule has 1 aromatic rings. The summed E-state index contributed by atoms with van der Waals surface area (Å²) in [6, 6.07) is 4.63. The molecule has 7 rings (SSSR count). The fraction of sp³-hybridized carbons (Fsp3) is 0.727. The quantitative estimate of drug-likeness (QED) is 0.274. The summed E-state index contributed by atoms with van der Waals surface area (Å²) in [5.41, 5.74) is -4.01. The largest absolute Gasteiger partial charge is 0.493 e. The molecule has 11 heteroatoms. The van der Waals surface area contributed by atoms with Gasteiger partial charge in [-0.05, 0) is 37.1 Å².